The molecule has 0 bridgehead atoms. The van der Waals surface area contributed by atoms with E-state index in [9.17, 15) is 8.42 Å². The minimum Gasteiger partial charge on any atom is -0.494 e. The Morgan fingerprint density at radius 1 is 0.909 bits per heavy atom. The standard InChI is InChI=1S/C34H43N5O4S/c1-24(2)44(40,41)32-15-8-7-14-30(32)35-33-27-12-5-6-13-28(27)36-34(38-33)37-29-17-16-26(23-31(29)43-4)39-20-18-25(19-21-39)11-9-10-22-42-3/h5-8,12-17,23-25H,9-11,18-22H2,1-4H3,(H2,35,36,37,38). The molecule has 1 aliphatic heterocycles. The molecule has 0 aliphatic carbocycles. The van der Waals surface area contributed by atoms with E-state index in [1.165, 1.54) is 25.7 Å². The van der Waals surface area contributed by atoms with Crippen molar-refractivity contribution in [2.45, 2.75) is 56.1 Å². The Balaban J connectivity index is 1.36. The topological polar surface area (TPSA) is 106 Å². The van der Waals surface area contributed by atoms with Crippen LogP contribution < -0.4 is 20.3 Å². The predicted molar refractivity (Wildman–Crippen MR) is 179 cm³/mol. The summed E-state index contributed by atoms with van der Waals surface area (Å²) in [6, 6.07) is 20.7. The summed E-state index contributed by atoms with van der Waals surface area (Å²) in [7, 11) is -0.0890. The van der Waals surface area contributed by atoms with Gasteiger partial charge in [0.25, 0.3) is 0 Å². The molecule has 4 aromatic rings. The third-order valence-corrected chi connectivity index (χ3v) is 10.5. The molecule has 10 heteroatoms. The van der Waals surface area contributed by atoms with Crippen LogP contribution in [0.2, 0.25) is 0 Å². The number of hydrogen-bond donors (Lipinski definition) is 2. The number of rotatable bonds is 13. The number of sulfone groups is 1. The van der Waals surface area contributed by atoms with Gasteiger partial charge in [-0.1, -0.05) is 37.1 Å². The van der Waals surface area contributed by atoms with Crippen LogP contribution in [0, 0.1) is 5.92 Å². The van der Waals surface area contributed by atoms with Gasteiger partial charge < -0.3 is 25.0 Å². The summed E-state index contributed by atoms with van der Waals surface area (Å²) in [5, 5.41) is 6.85. The fraction of sp³-hybridized carbons (Fsp3) is 0.412. The van der Waals surface area contributed by atoms with Gasteiger partial charge in [0.05, 0.1) is 34.1 Å². The maximum atomic E-state index is 13.1. The predicted octanol–water partition coefficient (Wildman–Crippen LogP) is 7.34. The monoisotopic (exact) mass is 617 g/mol. The van der Waals surface area contributed by atoms with Crippen LogP contribution in [0.3, 0.4) is 0 Å². The van der Waals surface area contributed by atoms with E-state index >= 15 is 0 Å². The number of unbranched alkanes of at least 4 members (excludes halogenated alkanes) is 1. The fourth-order valence-corrected chi connectivity index (χ4v) is 6.89. The molecule has 1 saturated heterocycles. The number of nitrogens with zero attached hydrogens (tertiary/aromatic N) is 3. The molecule has 3 aromatic carbocycles. The number of methoxy groups -OCH3 is 2. The van der Waals surface area contributed by atoms with Crippen molar-refractivity contribution in [1.82, 2.24) is 9.97 Å². The number of benzene rings is 3. The highest BCUT2D eigenvalue weighted by Crippen LogP contribution is 2.35. The first-order chi connectivity index (χ1) is 21.3. The van der Waals surface area contributed by atoms with Gasteiger partial charge in [0.2, 0.25) is 5.95 Å². The Morgan fingerprint density at radius 2 is 1.66 bits per heavy atom. The molecule has 2 heterocycles. The summed E-state index contributed by atoms with van der Waals surface area (Å²) in [6.45, 7) is 6.27. The number of aromatic nitrogens is 2. The number of ether oxygens (including phenoxy) is 2. The molecule has 234 valence electrons. The number of nitrogens with one attached hydrogen (secondary N) is 2. The first kappa shape index (κ1) is 31.5. The number of piperidine rings is 1. The first-order valence-electron chi connectivity index (χ1n) is 15.4. The quantitative estimate of drug-likeness (QED) is 0.149. The van der Waals surface area contributed by atoms with Crippen LogP contribution in [0.25, 0.3) is 10.9 Å². The second kappa shape index (κ2) is 14.3. The fourth-order valence-electron chi connectivity index (χ4n) is 5.69. The highest BCUT2D eigenvalue weighted by atomic mass is 32.2. The van der Waals surface area contributed by atoms with Gasteiger partial charge in [0, 0.05) is 43.9 Å². The van der Waals surface area contributed by atoms with Gasteiger partial charge in [-0.05, 0) is 75.4 Å². The third kappa shape index (κ3) is 7.25. The molecule has 0 radical (unpaired) electrons. The molecule has 44 heavy (non-hydrogen) atoms. The minimum absolute atomic E-state index is 0.236. The van der Waals surface area contributed by atoms with Crippen molar-refractivity contribution in [3.63, 3.8) is 0 Å². The van der Waals surface area contributed by atoms with Crippen LogP contribution in [0.15, 0.2) is 71.6 Å². The van der Waals surface area contributed by atoms with Crippen LogP contribution in [-0.4, -0.2) is 57.6 Å². The van der Waals surface area contributed by atoms with E-state index in [4.69, 9.17) is 19.4 Å². The van der Waals surface area contributed by atoms with Crippen LogP contribution in [0.1, 0.15) is 46.0 Å². The average Bonchev–Trinajstić information content (AvgIpc) is 3.04. The molecule has 9 nitrogen and oxygen atoms in total. The summed E-state index contributed by atoms with van der Waals surface area (Å²) in [4.78, 5) is 12.2. The van der Waals surface area contributed by atoms with Crippen molar-refractivity contribution in [1.29, 1.82) is 0 Å². The van der Waals surface area contributed by atoms with Crippen molar-refractivity contribution < 1.29 is 17.9 Å². The molecular formula is C34H43N5O4S. The summed E-state index contributed by atoms with van der Waals surface area (Å²) < 4.78 is 37.2. The van der Waals surface area contributed by atoms with Crippen LogP contribution in [0.5, 0.6) is 5.75 Å². The van der Waals surface area contributed by atoms with Crippen LogP contribution in [0.4, 0.5) is 28.8 Å². The highest BCUT2D eigenvalue weighted by Gasteiger charge is 2.24. The second-order valence-electron chi connectivity index (χ2n) is 11.6. The molecule has 5 rings (SSSR count). The lowest BCUT2D eigenvalue weighted by Crippen LogP contribution is -2.33. The van der Waals surface area contributed by atoms with Crippen molar-refractivity contribution >= 4 is 49.6 Å². The van der Waals surface area contributed by atoms with Gasteiger partial charge in [-0.15, -0.1) is 0 Å². The Hall–Kier alpha value is -3.89. The minimum atomic E-state index is -3.52. The zero-order valence-corrected chi connectivity index (χ0v) is 26.9. The number of hydrogen-bond acceptors (Lipinski definition) is 9. The molecule has 2 N–H and O–H groups in total. The molecule has 0 amide bonds. The summed E-state index contributed by atoms with van der Waals surface area (Å²) in [6.07, 6.45) is 6.01. The lowest BCUT2D eigenvalue weighted by Gasteiger charge is -2.34. The van der Waals surface area contributed by atoms with Crippen LogP contribution in [-0.2, 0) is 14.6 Å². The van der Waals surface area contributed by atoms with E-state index in [2.05, 4.69) is 27.7 Å². The second-order valence-corrected chi connectivity index (χ2v) is 14.0. The molecule has 1 aliphatic rings. The van der Waals surface area contributed by atoms with Gasteiger partial charge >= 0.3 is 0 Å². The van der Waals surface area contributed by atoms with Crippen molar-refractivity contribution in [2.75, 3.05) is 49.4 Å². The normalized spacial score (nSPS) is 14.2. The van der Waals surface area contributed by atoms with Gasteiger partial charge in [-0.2, -0.15) is 4.98 Å². The van der Waals surface area contributed by atoms with E-state index in [1.54, 1.807) is 46.3 Å². The summed E-state index contributed by atoms with van der Waals surface area (Å²) >= 11 is 0. The summed E-state index contributed by atoms with van der Waals surface area (Å²) in [5.74, 6) is 2.35. The van der Waals surface area contributed by atoms with Crippen molar-refractivity contribution in [3.8, 4) is 5.75 Å². The largest absolute Gasteiger partial charge is 0.494 e. The first-order valence-corrected chi connectivity index (χ1v) is 16.9. The highest BCUT2D eigenvalue weighted by molar-refractivity contribution is 7.92. The van der Waals surface area contributed by atoms with Crippen molar-refractivity contribution in [2.24, 2.45) is 5.92 Å². The van der Waals surface area contributed by atoms with Gasteiger partial charge in [-0.3, -0.25) is 0 Å². The average molecular weight is 618 g/mol. The summed E-state index contributed by atoms with van der Waals surface area (Å²) in [5.41, 5.74) is 3.07. The molecule has 1 fully saturated rings. The molecule has 0 unspecified atom stereocenters. The van der Waals surface area contributed by atoms with E-state index in [1.807, 2.05) is 36.4 Å². The zero-order valence-electron chi connectivity index (χ0n) is 26.0. The maximum Gasteiger partial charge on any atom is 0.229 e. The maximum absolute atomic E-state index is 13.1. The Morgan fingerprint density at radius 3 is 2.41 bits per heavy atom. The van der Waals surface area contributed by atoms with E-state index in [0.717, 1.165) is 54.3 Å². The molecule has 0 spiro atoms. The van der Waals surface area contributed by atoms with Crippen molar-refractivity contribution in [3.05, 3.63) is 66.7 Å². The number of para-hydroxylation sites is 2. The molecule has 0 saturated carbocycles. The SMILES string of the molecule is COCCCCC1CCN(c2ccc(Nc3nc(Nc4ccccc4S(=O)(=O)C(C)C)c4ccccc4n3)c(OC)c2)CC1. The van der Waals surface area contributed by atoms with Crippen LogP contribution >= 0.6 is 0 Å². The molecule has 1 aromatic heterocycles. The number of fused-ring (bicyclic) bond motifs is 1. The third-order valence-electron chi connectivity index (χ3n) is 8.29. The smallest absolute Gasteiger partial charge is 0.229 e. The van der Waals surface area contributed by atoms with E-state index in [-0.39, 0.29) is 4.90 Å². The van der Waals surface area contributed by atoms with Gasteiger partial charge in [0.15, 0.2) is 9.84 Å². The van der Waals surface area contributed by atoms with Gasteiger partial charge in [0.1, 0.15) is 11.6 Å². The Kier molecular flexibility index (Phi) is 10.2. The van der Waals surface area contributed by atoms with E-state index < -0.39 is 15.1 Å². The lowest BCUT2D eigenvalue weighted by molar-refractivity contribution is 0.189. The molecule has 0 atom stereocenters. The molecular weight excluding hydrogens is 574 g/mol. The Labute approximate surface area is 260 Å². The zero-order chi connectivity index (χ0) is 31.1. The number of anilines is 5. The van der Waals surface area contributed by atoms with E-state index in [0.29, 0.717) is 23.2 Å². The lowest BCUT2D eigenvalue weighted by atomic mass is 9.91. The van der Waals surface area contributed by atoms with Gasteiger partial charge in [-0.25, -0.2) is 13.4 Å². The Bertz CT molecular complexity index is 1670.